The van der Waals surface area contributed by atoms with E-state index in [0.717, 1.165) is 0 Å². The number of carboxylic acids is 4. The summed E-state index contributed by atoms with van der Waals surface area (Å²) in [6.45, 7) is 4.86. The number of hydrogen-bond acceptors (Lipinski definition) is 8. The Morgan fingerprint density at radius 2 is 1.20 bits per heavy atom. The maximum Gasteiger partial charge on any atom is 0.317 e. The molecule has 4 N–H and O–H groups in total. The molecule has 0 aromatic carbocycles. The molecule has 0 amide bonds. The second kappa shape index (κ2) is 13.1. The van der Waals surface area contributed by atoms with Gasteiger partial charge >= 0.3 is 23.9 Å². The molecule has 1 saturated heterocycles. The molecule has 1 fully saturated rings. The first-order chi connectivity index (χ1) is 14.1. The summed E-state index contributed by atoms with van der Waals surface area (Å²) in [6, 6.07) is -0.349. The molecule has 1 atom stereocenters. The van der Waals surface area contributed by atoms with E-state index >= 15 is 0 Å². The molecule has 12 heteroatoms. The van der Waals surface area contributed by atoms with Gasteiger partial charge in [0.1, 0.15) is 0 Å². The Morgan fingerprint density at radius 1 is 0.733 bits per heavy atom. The van der Waals surface area contributed by atoms with Crippen LogP contribution < -0.4 is 0 Å². The van der Waals surface area contributed by atoms with Gasteiger partial charge in [-0.05, 0) is 6.92 Å². The highest BCUT2D eigenvalue weighted by Gasteiger charge is 2.24. The summed E-state index contributed by atoms with van der Waals surface area (Å²) in [5.74, 6) is -4.07. The van der Waals surface area contributed by atoms with Crippen molar-refractivity contribution in [2.24, 2.45) is 0 Å². The lowest BCUT2D eigenvalue weighted by atomic mass is 10.2. The van der Waals surface area contributed by atoms with Crippen LogP contribution in [0.25, 0.3) is 0 Å². The molecule has 0 bridgehead atoms. The highest BCUT2D eigenvalue weighted by atomic mass is 16.4. The van der Waals surface area contributed by atoms with Crippen LogP contribution in [0.1, 0.15) is 13.3 Å². The van der Waals surface area contributed by atoms with Crippen LogP contribution in [0.4, 0.5) is 0 Å². The lowest BCUT2D eigenvalue weighted by molar-refractivity contribution is -0.143. The number of carboxylic acid groups (broad SMARTS) is 4. The van der Waals surface area contributed by atoms with Gasteiger partial charge in [-0.3, -0.25) is 33.9 Å². The first kappa shape index (κ1) is 25.8. The normalized spacial score (nSPS) is 18.3. The monoisotopic (exact) mass is 432 g/mol. The minimum absolute atomic E-state index is 0.0136. The molecule has 0 radical (unpaired) electrons. The number of carbonyl (C=O) groups is 4. The summed E-state index contributed by atoms with van der Waals surface area (Å²) in [5, 5.41) is 36.2. The molecule has 1 aliphatic rings. The largest absolute Gasteiger partial charge is 0.481 e. The third-order valence-corrected chi connectivity index (χ3v) is 5.02. The Morgan fingerprint density at radius 3 is 1.63 bits per heavy atom. The molecule has 0 aromatic heterocycles. The lowest BCUT2D eigenvalue weighted by Gasteiger charge is -2.32. The number of aliphatic carboxylic acids is 4. The Hall–Kier alpha value is -2.28. The molecule has 0 saturated carbocycles. The van der Waals surface area contributed by atoms with Crippen LogP contribution in [0, 0.1) is 0 Å². The molecule has 30 heavy (non-hydrogen) atoms. The molecular weight excluding hydrogens is 400 g/mol. The molecule has 172 valence electrons. The van der Waals surface area contributed by atoms with Gasteiger partial charge in [-0.1, -0.05) is 0 Å². The third-order valence-electron chi connectivity index (χ3n) is 5.02. The van der Waals surface area contributed by atoms with E-state index in [9.17, 15) is 19.2 Å². The number of hydrogen-bond donors (Lipinski definition) is 4. The summed E-state index contributed by atoms with van der Waals surface area (Å²) in [5.41, 5.74) is 0. The van der Waals surface area contributed by atoms with Gasteiger partial charge in [0.15, 0.2) is 0 Å². The summed E-state index contributed by atoms with van der Waals surface area (Å²) in [7, 11) is 0. The van der Waals surface area contributed by atoms with E-state index in [4.69, 9.17) is 20.4 Å². The molecule has 0 unspecified atom stereocenters. The number of nitrogens with zero attached hydrogens (tertiary/aromatic N) is 4. The fourth-order valence-electron chi connectivity index (χ4n) is 3.40. The lowest BCUT2D eigenvalue weighted by Crippen LogP contribution is -2.48. The van der Waals surface area contributed by atoms with E-state index in [1.807, 2.05) is 9.80 Å². The molecule has 1 heterocycles. The van der Waals surface area contributed by atoms with Gasteiger partial charge in [-0.25, -0.2) is 0 Å². The van der Waals surface area contributed by atoms with Gasteiger partial charge < -0.3 is 25.3 Å². The zero-order valence-corrected chi connectivity index (χ0v) is 17.3. The molecule has 12 nitrogen and oxygen atoms in total. The predicted molar refractivity (Wildman–Crippen MR) is 106 cm³/mol. The smallest absolute Gasteiger partial charge is 0.317 e. The zero-order chi connectivity index (χ0) is 22.7. The zero-order valence-electron chi connectivity index (χ0n) is 17.3. The minimum Gasteiger partial charge on any atom is -0.481 e. The fourth-order valence-corrected chi connectivity index (χ4v) is 3.40. The Labute approximate surface area is 175 Å². The van der Waals surface area contributed by atoms with Gasteiger partial charge in [-0.2, -0.15) is 0 Å². The summed E-state index contributed by atoms with van der Waals surface area (Å²) < 4.78 is 0. The maximum atomic E-state index is 11.1. The van der Waals surface area contributed by atoms with E-state index < -0.39 is 37.0 Å². The Kier molecular flexibility index (Phi) is 11.3. The van der Waals surface area contributed by atoms with Gasteiger partial charge in [0.05, 0.1) is 26.1 Å². The van der Waals surface area contributed by atoms with Crippen LogP contribution in [0.2, 0.25) is 0 Å². The molecule has 0 spiro atoms. The molecule has 0 aromatic rings. The van der Waals surface area contributed by atoms with Crippen molar-refractivity contribution < 1.29 is 39.6 Å². The van der Waals surface area contributed by atoms with Crippen molar-refractivity contribution in [2.45, 2.75) is 19.4 Å². The van der Waals surface area contributed by atoms with Crippen molar-refractivity contribution in [2.75, 3.05) is 72.0 Å². The van der Waals surface area contributed by atoms with Crippen LogP contribution in [0.3, 0.4) is 0 Å². The molecule has 0 aliphatic carbocycles. The average Bonchev–Trinajstić information content (AvgIpc) is 2.70. The summed E-state index contributed by atoms with van der Waals surface area (Å²) >= 11 is 0. The minimum atomic E-state index is -1.11. The van der Waals surface area contributed by atoms with Gasteiger partial charge in [-0.15, -0.1) is 0 Å². The summed E-state index contributed by atoms with van der Waals surface area (Å²) in [6.07, 6.45) is -0.0136. The fraction of sp³-hybridized carbons (Fsp3) is 0.778. The van der Waals surface area contributed by atoms with E-state index in [1.54, 1.807) is 11.8 Å². The van der Waals surface area contributed by atoms with Gasteiger partial charge in [0.25, 0.3) is 0 Å². The average molecular weight is 432 g/mol. The Balaban J connectivity index is 2.83. The maximum absolute atomic E-state index is 11.1. The van der Waals surface area contributed by atoms with Crippen LogP contribution in [-0.4, -0.2) is 142 Å². The Bertz CT molecular complexity index is 587. The van der Waals surface area contributed by atoms with Crippen molar-refractivity contribution >= 4 is 23.9 Å². The topological polar surface area (TPSA) is 162 Å². The highest BCUT2D eigenvalue weighted by molar-refractivity contribution is 5.72. The van der Waals surface area contributed by atoms with E-state index in [2.05, 4.69) is 0 Å². The second-order valence-corrected chi connectivity index (χ2v) is 7.50. The van der Waals surface area contributed by atoms with E-state index in [-0.39, 0.29) is 19.0 Å². The SMILES string of the molecule is C[C@@H](CN1CCN(CCC(=O)O)CCN(CC(=O)O)CC1)N(CC(=O)O)CC(=O)O. The van der Waals surface area contributed by atoms with E-state index in [0.29, 0.717) is 52.4 Å². The standard InChI is InChI=1S/C18H32N4O8/c1-14(22(12-17(27)28)13-18(29)30)10-20-6-4-19(3-2-15(23)24)5-7-21(9-8-20)11-16(25)26/h14H,2-13H2,1H3,(H,23,24)(H,25,26)(H,27,28)(H,29,30)/t14-/m0/s1. The predicted octanol–water partition coefficient (Wildman–Crippen LogP) is -1.67. The van der Waals surface area contributed by atoms with Crippen molar-refractivity contribution in [1.29, 1.82) is 0 Å². The van der Waals surface area contributed by atoms with Crippen molar-refractivity contribution in [3.05, 3.63) is 0 Å². The van der Waals surface area contributed by atoms with Crippen LogP contribution in [0.15, 0.2) is 0 Å². The highest BCUT2D eigenvalue weighted by Crippen LogP contribution is 2.06. The molecule has 1 rings (SSSR count). The first-order valence-electron chi connectivity index (χ1n) is 9.85. The quantitative estimate of drug-likeness (QED) is 0.278. The van der Waals surface area contributed by atoms with Gasteiger partial charge in [0.2, 0.25) is 0 Å². The van der Waals surface area contributed by atoms with Crippen molar-refractivity contribution in [1.82, 2.24) is 19.6 Å². The van der Waals surface area contributed by atoms with E-state index in [1.165, 1.54) is 4.90 Å². The first-order valence-corrected chi connectivity index (χ1v) is 9.85. The van der Waals surface area contributed by atoms with Gasteiger partial charge in [0, 0.05) is 58.4 Å². The number of rotatable bonds is 12. The molecular formula is C18H32N4O8. The van der Waals surface area contributed by atoms with Crippen molar-refractivity contribution in [3.63, 3.8) is 0 Å². The second-order valence-electron chi connectivity index (χ2n) is 7.50. The third kappa shape index (κ3) is 11.0. The van der Waals surface area contributed by atoms with Crippen LogP contribution in [-0.2, 0) is 19.2 Å². The summed E-state index contributed by atoms with van der Waals surface area (Å²) in [4.78, 5) is 51.4. The van der Waals surface area contributed by atoms with Crippen LogP contribution in [0.5, 0.6) is 0 Å². The van der Waals surface area contributed by atoms with Crippen LogP contribution >= 0.6 is 0 Å². The molecule has 1 aliphatic heterocycles. The van der Waals surface area contributed by atoms with Crippen molar-refractivity contribution in [3.8, 4) is 0 Å².